The highest BCUT2D eigenvalue weighted by Crippen LogP contribution is 2.34. The molecule has 1 amide bonds. The third kappa shape index (κ3) is 2.88. The summed E-state index contributed by atoms with van der Waals surface area (Å²) in [6.07, 6.45) is 1.12. The van der Waals surface area contributed by atoms with Gasteiger partial charge in [0.1, 0.15) is 0 Å². The van der Waals surface area contributed by atoms with Crippen molar-refractivity contribution in [2.75, 3.05) is 38.1 Å². The Kier molecular flexibility index (Phi) is 4.16. The van der Waals surface area contributed by atoms with Crippen LogP contribution in [0, 0.1) is 0 Å². The molecule has 2 aliphatic heterocycles. The molecule has 2 fully saturated rings. The highest BCUT2D eigenvalue weighted by Gasteiger charge is 2.47. The average molecular weight is 341 g/mol. The van der Waals surface area contributed by atoms with E-state index < -0.39 is 0 Å². The molecule has 0 N–H and O–H groups in total. The van der Waals surface area contributed by atoms with Crippen molar-refractivity contribution in [2.45, 2.75) is 18.5 Å². The van der Waals surface area contributed by atoms with Crippen LogP contribution in [0.4, 0.5) is 5.69 Å². The van der Waals surface area contributed by atoms with Crippen molar-refractivity contribution in [1.82, 2.24) is 9.80 Å². The number of likely N-dealkylation sites (tertiary alicyclic amines) is 1. The quantitative estimate of drug-likeness (QED) is 0.859. The average Bonchev–Trinajstić information content (AvgIpc) is 3.23. The van der Waals surface area contributed by atoms with E-state index in [1.54, 1.807) is 0 Å². The van der Waals surface area contributed by atoms with Crippen molar-refractivity contribution >= 4 is 22.9 Å². The molecule has 2 aromatic rings. The van der Waals surface area contributed by atoms with Crippen molar-refractivity contribution in [3.05, 3.63) is 52.7 Å². The summed E-state index contributed by atoms with van der Waals surface area (Å²) in [6.45, 7) is 4.43. The van der Waals surface area contributed by atoms with Crippen LogP contribution in [0.25, 0.3) is 0 Å². The van der Waals surface area contributed by atoms with Gasteiger partial charge < -0.3 is 4.90 Å². The van der Waals surface area contributed by atoms with E-state index in [1.165, 1.54) is 4.88 Å². The van der Waals surface area contributed by atoms with Crippen molar-refractivity contribution in [2.24, 2.45) is 0 Å². The van der Waals surface area contributed by atoms with Gasteiger partial charge in [-0.15, -0.1) is 11.3 Å². The number of likely N-dealkylation sites (N-methyl/N-ethyl adjacent to an activating group) is 1. The number of carbonyl (C=O) groups excluding carboxylic acids is 1. The number of carbonyl (C=O) groups is 1. The predicted octanol–water partition coefficient (Wildman–Crippen LogP) is 2.67. The molecule has 126 valence electrons. The van der Waals surface area contributed by atoms with Crippen LogP contribution >= 0.6 is 11.3 Å². The minimum absolute atomic E-state index is 0.0704. The van der Waals surface area contributed by atoms with Crippen LogP contribution in [0.3, 0.4) is 0 Å². The zero-order valence-electron chi connectivity index (χ0n) is 14.0. The fourth-order valence-corrected chi connectivity index (χ4v) is 4.69. The lowest BCUT2D eigenvalue weighted by Crippen LogP contribution is -2.64. The van der Waals surface area contributed by atoms with Gasteiger partial charge in [-0.3, -0.25) is 14.6 Å². The topological polar surface area (TPSA) is 26.8 Å². The lowest BCUT2D eigenvalue weighted by Gasteiger charge is -2.47. The summed E-state index contributed by atoms with van der Waals surface area (Å²) in [5, 5.41) is 2.14. The molecule has 0 unspecified atom stereocenters. The van der Waals surface area contributed by atoms with E-state index in [1.807, 2.05) is 46.6 Å². The van der Waals surface area contributed by atoms with Crippen LogP contribution in [0.5, 0.6) is 0 Å². The maximum atomic E-state index is 12.6. The van der Waals surface area contributed by atoms with Crippen LogP contribution in [0.2, 0.25) is 0 Å². The Hall–Kier alpha value is -1.69. The molecule has 24 heavy (non-hydrogen) atoms. The van der Waals surface area contributed by atoms with Gasteiger partial charge in [-0.1, -0.05) is 24.3 Å². The van der Waals surface area contributed by atoms with E-state index in [0.717, 1.165) is 38.3 Å². The predicted molar refractivity (Wildman–Crippen MR) is 98.4 cm³/mol. The first kappa shape index (κ1) is 15.8. The van der Waals surface area contributed by atoms with E-state index >= 15 is 0 Å². The van der Waals surface area contributed by atoms with Crippen LogP contribution in [0.15, 0.2) is 47.8 Å². The van der Waals surface area contributed by atoms with Crippen molar-refractivity contribution in [3.8, 4) is 0 Å². The van der Waals surface area contributed by atoms with Gasteiger partial charge in [-0.25, -0.2) is 0 Å². The minimum atomic E-state index is 0.0704. The molecular formula is C19H23N3OS. The van der Waals surface area contributed by atoms with Gasteiger partial charge in [0.25, 0.3) is 0 Å². The molecule has 2 aliphatic rings. The number of piperazine rings is 1. The van der Waals surface area contributed by atoms with Crippen LogP contribution < -0.4 is 4.90 Å². The summed E-state index contributed by atoms with van der Waals surface area (Å²) >= 11 is 1.82. The summed E-state index contributed by atoms with van der Waals surface area (Å²) in [7, 11) is 2.11. The largest absolute Gasteiger partial charge is 0.309 e. The first-order valence-electron chi connectivity index (χ1n) is 8.48. The smallest absolute Gasteiger partial charge is 0.241 e. The molecule has 0 saturated carbocycles. The highest BCUT2D eigenvalue weighted by molar-refractivity contribution is 7.09. The molecule has 1 atom stereocenters. The molecule has 2 saturated heterocycles. The van der Waals surface area contributed by atoms with Crippen molar-refractivity contribution in [1.29, 1.82) is 0 Å². The van der Waals surface area contributed by atoms with Crippen LogP contribution in [0.1, 0.15) is 11.3 Å². The molecule has 1 aromatic heterocycles. The maximum Gasteiger partial charge on any atom is 0.241 e. The van der Waals surface area contributed by atoms with Gasteiger partial charge in [0, 0.05) is 36.7 Å². The molecule has 4 rings (SSSR count). The number of amides is 1. The van der Waals surface area contributed by atoms with Crippen LogP contribution in [-0.4, -0.2) is 54.5 Å². The highest BCUT2D eigenvalue weighted by atomic mass is 32.1. The Morgan fingerprint density at radius 3 is 2.71 bits per heavy atom. The summed E-state index contributed by atoms with van der Waals surface area (Å²) in [5.41, 5.74) is 1.09. The molecule has 1 spiro atoms. The standard InChI is InChI=1S/C19H23N3OS/c1-20-13-18(23)22(16-6-3-2-4-7-16)15-19(20)9-10-21(14-19)12-17-8-5-11-24-17/h2-8,11H,9-10,12-15H2,1H3/t19-/m1/s1. The van der Waals surface area contributed by atoms with E-state index in [4.69, 9.17) is 0 Å². The van der Waals surface area contributed by atoms with Crippen molar-refractivity contribution in [3.63, 3.8) is 0 Å². The number of thiophene rings is 1. The molecule has 0 bridgehead atoms. The zero-order valence-corrected chi connectivity index (χ0v) is 14.8. The third-order valence-electron chi connectivity index (χ3n) is 5.37. The van der Waals surface area contributed by atoms with Gasteiger partial charge in [0.05, 0.1) is 12.1 Å². The zero-order chi connectivity index (χ0) is 16.6. The maximum absolute atomic E-state index is 12.6. The number of rotatable bonds is 3. The van der Waals surface area contributed by atoms with E-state index in [2.05, 4.69) is 34.4 Å². The molecule has 4 nitrogen and oxygen atoms in total. The van der Waals surface area contributed by atoms with E-state index in [0.29, 0.717) is 6.54 Å². The van der Waals surface area contributed by atoms with Crippen LogP contribution in [-0.2, 0) is 11.3 Å². The van der Waals surface area contributed by atoms with Gasteiger partial charge in [0.15, 0.2) is 0 Å². The Bertz CT molecular complexity index is 703. The molecule has 0 aliphatic carbocycles. The first-order chi connectivity index (χ1) is 11.7. The van der Waals surface area contributed by atoms with Crippen molar-refractivity contribution < 1.29 is 4.79 Å². The van der Waals surface area contributed by atoms with Gasteiger partial charge in [-0.05, 0) is 37.0 Å². The number of benzene rings is 1. The Morgan fingerprint density at radius 1 is 1.12 bits per heavy atom. The summed E-state index contributed by atoms with van der Waals surface area (Å²) in [5.74, 6) is 0.200. The third-order valence-corrected chi connectivity index (χ3v) is 6.24. The first-order valence-corrected chi connectivity index (χ1v) is 9.36. The number of hydrogen-bond acceptors (Lipinski definition) is 4. The lowest BCUT2D eigenvalue weighted by atomic mass is 9.92. The number of anilines is 1. The molecular weight excluding hydrogens is 318 g/mol. The molecule has 3 heterocycles. The van der Waals surface area contributed by atoms with Gasteiger partial charge in [0.2, 0.25) is 5.91 Å². The Balaban J connectivity index is 1.52. The fraction of sp³-hybridized carbons (Fsp3) is 0.421. The second kappa shape index (κ2) is 6.31. The minimum Gasteiger partial charge on any atom is -0.309 e. The lowest BCUT2D eigenvalue weighted by molar-refractivity contribution is -0.123. The SMILES string of the molecule is CN1CC(=O)N(c2ccccc2)C[C@]12CCN(Cc1cccs1)C2. The molecule has 1 aromatic carbocycles. The second-order valence-electron chi connectivity index (χ2n) is 6.94. The van der Waals surface area contributed by atoms with Gasteiger partial charge in [-0.2, -0.15) is 0 Å². The van der Waals surface area contributed by atoms with E-state index in [-0.39, 0.29) is 11.4 Å². The number of para-hydroxylation sites is 1. The molecule has 5 heteroatoms. The monoisotopic (exact) mass is 341 g/mol. The summed E-state index contributed by atoms with van der Waals surface area (Å²) < 4.78 is 0. The Morgan fingerprint density at radius 2 is 1.96 bits per heavy atom. The summed E-state index contributed by atoms with van der Waals surface area (Å²) in [6, 6.07) is 14.4. The fourth-order valence-electron chi connectivity index (χ4n) is 3.94. The van der Waals surface area contributed by atoms with E-state index in [9.17, 15) is 4.79 Å². The second-order valence-corrected chi connectivity index (χ2v) is 7.97. The summed E-state index contributed by atoms with van der Waals surface area (Å²) in [4.78, 5) is 20.8. The Labute approximate surface area is 147 Å². The molecule has 0 radical (unpaired) electrons. The number of hydrogen-bond donors (Lipinski definition) is 0. The van der Waals surface area contributed by atoms with Gasteiger partial charge >= 0.3 is 0 Å². The number of nitrogens with zero attached hydrogens (tertiary/aromatic N) is 3. The normalized spacial score (nSPS) is 25.7.